The first kappa shape index (κ1) is 15.3. The van der Waals surface area contributed by atoms with E-state index in [4.69, 9.17) is 0 Å². The molecule has 1 aliphatic carbocycles. The summed E-state index contributed by atoms with van der Waals surface area (Å²) < 4.78 is 27.6. The Labute approximate surface area is 122 Å². The zero-order chi connectivity index (χ0) is 14.8. The summed E-state index contributed by atoms with van der Waals surface area (Å²) in [5.74, 6) is 0.714. The minimum absolute atomic E-state index is 0.421. The van der Waals surface area contributed by atoms with Crippen molar-refractivity contribution in [2.24, 2.45) is 5.92 Å². The van der Waals surface area contributed by atoms with Gasteiger partial charge in [-0.3, -0.25) is 0 Å². The van der Waals surface area contributed by atoms with Crippen molar-refractivity contribution in [3.63, 3.8) is 0 Å². The van der Waals surface area contributed by atoms with E-state index in [1.165, 1.54) is 19.3 Å². The first-order valence-electron chi connectivity index (χ1n) is 7.22. The molecule has 0 atom stereocenters. The predicted octanol–water partition coefficient (Wildman–Crippen LogP) is 2.81. The molecule has 0 amide bonds. The largest absolute Gasteiger partial charge is 0.388 e. The van der Waals surface area contributed by atoms with Crippen LogP contribution in [0, 0.1) is 19.8 Å². The van der Waals surface area contributed by atoms with Crippen molar-refractivity contribution in [2.75, 3.05) is 18.9 Å². The summed E-state index contributed by atoms with van der Waals surface area (Å²) in [5.41, 5.74) is 2.50. The van der Waals surface area contributed by atoms with Crippen LogP contribution in [0.25, 0.3) is 0 Å². The maximum absolute atomic E-state index is 12.4. The second kappa shape index (κ2) is 6.14. The maximum atomic E-state index is 12.4. The van der Waals surface area contributed by atoms with Gasteiger partial charge in [-0.25, -0.2) is 13.1 Å². The van der Waals surface area contributed by atoms with E-state index in [0.29, 0.717) is 17.4 Å². The molecule has 0 spiro atoms. The van der Waals surface area contributed by atoms with Crippen molar-refractivity contribution >= 4 is 15.7 Å². The van der Waals surface area contributed by atoms with Crippen LogP contribution in [0.3, 0.4) is 0 Å². The van der Waals surface area contributed by atoms with Crippen LogP contribution in [-0.2, 0) is 10.0 Å². The van der Waals surface area contributed by atoms with E-state index in [0.717, 1.165) is 23.2 Å². The standard InChI is InChI=1S/C15H24N2O2S/c1-11-9-14(16-3)10-12(2)15(11)20(18,19)17-8-7-13-5-4-6-13/h9-10,13,16-17H,4-8H2,1-3H3. The molecule has 4 nitrogen and oxygen atoms in total. The third-order valence-corrected chi connectivity index (χ3v) is 5.85. The SMILES string of the molecule is CNc1cc(C)c(S(=O)(=O)NCCC2CCC2)c(C)c1. The summed E-state index contributed by atoms with van der Waals surface area (Å²) in [4.78, 5) is 0.421. The molecule has 1 saturated carbocycles. The highest BCUT2D eigenvalue weighted by Crippen LogP contribution is 2.29. The van der Waals surface area contributed by atoms with Gasteiger partial charge in [0, 0.05) is 19.3 Å². The smallest absolute Gasteiger partial charge is 0.241 e. The number of anilines is 1. The van der Waals surface area contributed by atoms with Crippen molar-refractivity contribution in [3.05, 3.63) is 23.3 Å². The zero-order valence-corrected chi connectivity index (χ0v) is 13.3. The van der Waals surface area contributed by atoms with E-state index in [1.807, 2.05) is 33.0 Å². The number of aryl methyl sites for hydroxylation is 2. The number of rotatable bonds is 6. The summed E-state index contributed by atoms with van der Waals surface area (Å²) in [7, 11) is -1.57. The first-order valence-corrected chi connectivity index (χ1v) is 8.71. The van der Waals surface area contributed by atoms with Gasteiger partial charge in [-0.05, 0) is 49.4 Å². The Kier molecular flexibility index (Phi) is 4.70. The number of benzene rings is 1. The molecule has 0 saturated heterocycles. The van der Waals surface area contributed by atoms with Crippen LogP contribution in [0.5, 0.6) is 0 Å². The first-order chi connectivity index (χ1) is 9.44. The maximum Gasteiger partial charge on any atom is 0.241 e. The van der Waals surface area contributed by atoms with Crippen LogP contribution in [0.4, 0.5) is 5.69 Å². The molecule has 1 aromatic rings. The Morgan fingerprint density at radius 1 is 1.20 bits per heavy atom. The van der Waals surface area contributed by atoms with E-state index in [2.05, 4.69) is 10.0 Å². The van der Waals surface area contributed by atoms with Crippen LogP contribution in [0.15, 0.2) is 17.0 Å². The Hall–Kier alpha value is -1.07. The van der Waals surface area contributed by atoms with Gasteiger partial charge in [0.15, 0.2) is 0 Å². The Morgan fingerprint density at radius 2 is 1.80 bits per heavy atom. The third-order valence-electron chi connectivity index (χ3n) is 4.09. The monoisotopic (exact) mass is 296 g/mol. The van der Waals surface area contributed by atoms with Gasteiger partial charge in [-0.1, -0.05) is 19.3 Å². The quantitative estimate of drug-likeness (QED) is 0.848. The fraction of sp³-hybridized carbons (Fsp3) is 0.600. The highest BCUT2D eigenvalue weighted by Gasteiger charge is 2.22. The number of hydrogen-bond donors (Lipinski definition) is 2. The average molecular weight is 296 g/mol. The molecule has 2 rings (SSSR count). The molecule has 112 valence electrons. The minimum atomic E-state index is -3.40. The lowest BCUT2D eigenvalue weighted by Gasteiger charge is -2.25. The van der Waals surface area contributed by atoms with Crippen molar-refractivity contribution in [1.29, 1.82) is 0 Å². The summed E-state index contributed by atoms with van der Waals surface area (Å²) in [6.45, 7) is 4.22. The molecule has 2 N–H and O–H groups in total. The van der Waals surface area contributed by atoms with Gasteiger partial charge >= 0.3 is 0 Å². The highest BCUT2D eigenvalue weighted by molar-refractivity contribution is 7.89. The minimum Gasteiger partial charge on any atom is -0.388 e. The molecular weight excluding hydrogens is 272 g/mol. The van der Waals surface area contributed by atoms with E-state index in [1.54, 1.807) is 0 Å². The number of nitrogens with one attached hydrogen (secondary N) is 2. The van der Waals surface area contributed by atoms with Crippen molar-refractivity contribution in [2.45, 2.75) is 44.4 Å². The fourth-order valence-corrected chi connectivity index (χ4v) is 4.27. The summed E-state index contributed by atoms with van der Waals surface area (Å²) in [6, 6.07) is 3.74. The van der Waals surface area contributed by atoms with Crippen LogP contribution >= 0.6 is 0 Å². The van der Waals surface area contributed by atoms with Gasteiger partial charge in [-0.15, -0.1) is 0 Å². The topological polar surface area (TPSA) is 58.2 Å². The zero-order valence-electron chi connectivity index (χ0n) is 12.5. The molecule has 20 heavy (non-hydrogen) atoms. The fourth-order valence-electron chi connectivity index (χ4n) is 2.77. The lowest BCUT2D eigenvalue weighted by molar-refractivity contribution is 0.297. The van der Waals surface area contributed by atoms with E-state index in [-0.39, 0.29) is 0 Å². The Balaban J connectivity index is 2.11. The Bertz CT molecular complexity index is 555. The third kappa shape index (κ3) is 3.33. The second-order valence-corrected chi connectivity index (χ2v) is 7.38. The molecule has 0 bridgehead atoms. The van der Waals surface area contributed by atoms with Crippen LogP contribution in [0.2, 0.25) is 0 Å². The van der Waals surface area contributed by atoms with E-state index < -0.39 is 10.0 Å². The molecule has 0 radical (unpaired) electrons. The van der Waals surface area contributed by atoms with Gasteiger partial charge in [0.05, 0.1) is 4.90 Å². The van der Waals surface area contributed by atoms with Gasteiger partial charge in [-0.2, -0.15) is 0 Å². The molecule has 5 heteroatoms. The lowest BCUT2D eigenvalue weighted by atomic mass is 9.83. The van der Waals surface area contributed by atoms with Crippen LogP contribution in [-0.4, -0.2) is 22.0 Å². The normalized spacial score (nSPS) is 15.9. The van der Waals surface area contributed by atoms with Crippen LogP contribution in [0.1, 0.15) is 36.8 Å². The molecule has 1 aromatic carbocycles. The average Bonchev–Trinajstić information content (AvgIpc) is 2.30. The molecule has 1 fully saturated rings. The highest BCUT2D eigenvalue weighted by atomic mass is 32.2. The molecule has 0 heterocycles. The number of sulfonamides is 1. The van der Waals surface area contributed by atoms with Gasteiger partial charge < -0.3 is 5.32 Å². The van der Waals surface area contributed by atoms with Crippen molar-refractivity contribution in [1.82, 2.24) is 4.72 Å². The molecule has 0 unspecified atom stereocenters. The van der Waals surface area contributed by atoms with E-state index >= 15 is 0 Å². The van der Waals surface area contributed by atoms with Crippen LogP contribution < -0.4 is 10.0 Å². The summed E-state index contributed by atoms with van der Waals surface area (Å²) in [5, 5.41) is 3.05. The molecule has 1 aliphatic rings. The molecule has 0 aliphatic heterocycles. The summed E-state index contributed by atoms with van der Waals surface area (Å²) in [6.07, 6.45) is 4.74. The van der Waals surface area contributed by atoms with Gasteiger partial charge in [0.2, 0.25) is 10.0 Å². The van der Waals surface area contributed by atoms with Crippen molar-refractivity contribution < 1.29 is 8.42 Å². The van der Waals surface area contributed by atoms with Crippen molar-refractivity contribution in [3.8, 4) is 0 Å². The van der Waals surface area contributed by atoms with Gasteiger partial charge in [0.25, 0.3) is 0 Å². The summed E-state index contributed by atoms with van der Waals surface area (Å²) >= 11 is 0. The number of hydrogen-bond acceptors (Lipinski definition) is 3. The van der Waals surface area contributed by atoms with E-state index in [9.17, 15) is 8.42 Å². The molecular formula is C15H24N2O2S. The lowest BCUT2D eigenvalue weighted by Crippen LogP contribution is -2.28. The predicted molar refractivity (Wildman–Crippen MR) is 82.6 cm³/mol. The molecule has 0 aromatic heterocycles. The Morgan fingerprint density at radius 3 is 2.25 bits per heavy atom. The second-order valence-electron chi connectivity index (χ2n) is 5.67. The van der Waals surface area contributed by atoms with Gasteiger partial charge in [0.1, 0.15) is 0 Å².